The first-order valence-corrected chi connectivity index (χ1v) is 2.57. The zero-order chi connectivity index (χ0) is 8.85. The Morgan fingerprint density at radius 3 is 2.00 bits per heavy atom. The average Bonchev–Trinajstić information content (AvgIpc) is 1.86. The standard InChI is InChI=1S/C6H6O5/c7-4(6(10)11)2-1-3-5(8)9/h1-3,7H,(H,8,9)(H,10,11). The molecule has 0 heterocycles. The Kier molecular flexibility index (Phi) is 3.44. The van der Waals surface area contributed by atoms with Gasteiger partial charge in [0.2, 0.25) is 5.76 Å². The van der Waals surface area contributed by atoms with E-state index >= 15 is 0 Å². The van der Waals surface area contributed by atoms with E-state index in [4.69, 9.17) is 15.3 Å². The first-order chi connectivity index (χ1) is 5.04. The number of carbonyl (C=O) groups is 2. The Labute approximate surface area is 61.9 Å². The maximum atomic E-state index is 9.88. The molecule has 11 heavy (non-hydrogen) atoms. The summed E-state index contributed by atoms with van der Waals surface area (Å²) >= 11 is 0. The van der Waals surface area contributed by atoms with Gasteiger partial charge in [-0.25, -0.2) is 9.59 Å². The van der Waals surface area contributed by atoms with Crippen molar-refractivity contribution >= 4 is 11.9 Å². The summed E-state index contributed by atoms with van der Waals surface area (Å²) in [6, 6.07) is 0. The van der Waals surface area contributed by atoms with E-state index in [0.717, 1.165) is 12.2 Å². The van der Waals surface area contributed by atoms with Crippen LogP contribution < -0.4 is 0 Å². The third-order valence-corrected chi connectivity index (χ3v) is 0.712. The van der Waals surface area contributed by atoms with Crippen molar-refractivity contribution in [1.29, 1.82) is 0 Å². The zero-order valence-electron chi connectivity index (χ0n) is 5.39. The summed E-state index contributed by atoms with van der Waals surface area (Å²) in [5.41, 5.74) is 0. The van der Waals surface area contributed by atoms with Crippen molar-refractivity contribution in [2.24, 2.45) is 0 Å². The quantitative estimate of drug-likeness (QED) is 0.309. The fourth-order valence-corrected chi connectivity index (χ4v) is 0.293. The summed E-state index contributed by atoms with van der Waals surface area (Å²) in [7, 11) is 0. The van der Waals surface area contributed by atoms with Gasteiger partial charge in [-0.05, 0) is 6.08 Å². The van der Waals surface area contributed by atoms with Gasteiger partial charge in [-0.3, -0.25) is 0 Å². The van der Waals surface area contributed by atoms with Gasteiger partial charge in [-0.2, -0.15) is 0 Å². The van der Waals surface area contributed by atoms with Crippen LogP contribution in [0.25, 0.3) is 0 Å². The Balaban J connectivity index is 4.13. The molecule has 0 rings (SSSR count). The van der Waals surface area contributed by atoms with Crippen LogP contribution in [-0.4, -0.2) is 27.3 Å². The SMILES string of the molecule is O=C(O)C=CC=C(O)C(=O)O. The van der Waals surface area contributed by atoms with Crippen LogP contribution in [0.4, 0.5) is 0 Å². The number of aliphatic hydroxyl groups excluding tert-OH is 1. The van der Waals surface area contributed by atoms with Gasteiger partial charge in [0.25, 0.3) is 0 Å². The molecular weight excluding hydrogens is 152 g/mol. The van der Waals surface area contributed by atoms with Gasteiger partial charge in [0.05, 0.1) is 0 Å². The molecule has 0 aromatic rings. The first kappa shape index (κ1) is 9.22. The summed E-state index contributed by atoms with van der Waals surface area (Å²) in [5.74, 6) is -3.61. The van der Waals surface area contributed by atoms with Crippen molar-refractivity contribution in [2.75, 3.05) is 0 Å². The van der Waals surface area contributed by atoms with Crippen molar-refractivity contribution in [3.8, 4) is 0 Å². The van der Waals surface area contributed by atoms with Gasteiger partial charge in [-0.1, -0.05) is 6.08 Å². The number of carboxylic acid groups (broad SMARTS) is 2. The number of aliphatic hydroxyl groups is 1. The predicted molar refractivity (Wildman–Crippen MR) is 35.1 cm³/mol. The Hall–Kier alpha value is -1.78. The molecule has 0 radical (unpaired) electrons. The van der Waals surface area contributed by atoms with E-state index in [1.807, 2.05) is 0 Å². The minimum absolute atomic E-state index is 0.708. The van der Waals surface area contributed by atoms with Gasteiger partial charge in [0.1, 0.15) is 0 Å². The predicted octanol–water partition coefficient (Wildman–Crippen LogP) is 0.154. The van der Waals surface area contributed by atoms with Crippen molar-refractivity contribution in [2.45, 2.75) is 0 Å². The summed E-state index contributed by atoms with van der Waals surface area (Å²) in [6.07, 6.45) is 2.40. The monoisotopic (exact) mass is 158 g/mol. The molecule has 0 bridgehead atoms. The van der Waals surface area contributed by atoms with Crippen molar-refractivity contribution in [3.05, 3.63) is 24.0 Å². The molecule has 0 aromatic heterocycles. The van der Waals surface area contributed by atoms with Crippen molar-refractivity contribution in [1.82, 2.24) is 0 Å². The molecule has 0 aliphatic rings. The zero-order valence-corrected chi connectivity index (χ0v) is 5.39. The van der Waals surface area contributed by atoms with Crippen LogP contribution >= 0.6 is 0 Å². The van der Waals surface area contributed by atoms with E-state index in [9.17, 15) is 9.59 Å². The molecule has 0 aromatic carbocycles. The fourth-order valence-electron chi connectivity index (χ4n) is 0.293. The number of hydrogen-bond acceptors (Lipinski definition) is 3. The molecule has 0 saturated carbocycles. The third kappa shape index (κ3) is 4.71. The number of allylic oxidation sites excluding steroid dienone is 2. The van der Waals surface area contributed by atoms with E-state index in [1.54, 1.807) is 0 Å². The maximum absolute atomic E-state index is 9.88. The van der Waals surface area contributed by atoms with Crippen LogP contribution in [0.3, 0.4) is 0 Å². The molecule has 0 fully saturated rings. The first-order valence-electron chi connectivity index (χ1n) is 2.57. The highest BCUT2D eigenvalue weighted by molar-refractivity contribution is 5.85. The summed E-state index contributed by atoms with van der Waals surface area (Å²) < 4.78 is 0. The van der Waals surface area contributed by atoms with E-state index in [1.165, 1.54) is 0 Å². The Morgan fingerprint density at radius 1 is 1.09 bits per heavy atom. The lowest BCUT2D eigenvalue weighted by Gasteiger charge is -1.85. The summed E-state index contributed by atoms with van der Waals surface area (Å²) in [4.78, 5) is 19.7. The van der Waals surface area contributed by atoms with Gasteiger partial charge in [0, 0.05) is 6.08 Å². The minimum Gasteiger partial charge on any atom is -0.502 e. The molecule has 5 nitrogen and oxygen atoms in total. The second kappa shape index (κ2) is 4.10. The molecule has 60 valence electrons. The average molecular weight is 158 g/mol. The van der Waals surface area contributed by atoms with E-state index in [0.29, 0.717) is 6.08 Å². The molecular formula is C6H6O5. The molecule has 0 aliphatic heterocycles. The van der Waals surface area contributed by atoms with E-state index in [2.05, 4.69) is 0 Å². The molecule has 0 amide bonds. The fraction of sp³-hybridized carbons (Fsp3) is 0. The van der Waals surface area contributed by atoms with Gasteiger partial charge >= 0.3 is 11.9 Å². The molecule has 0 spiro atoms. The molecule has 3 N–H and O–H groups in total. The van der Waals surface area contributed by atoms with Crippen LogP contribution in [-0.2, 0) is 9.59 Å². The Morgan fingerprint density at radius 2 is 1.64 bits per heavy atom. The third-order valence-electron chi connectivity index (χ3n) is 0.712. The van der Waals surface area contributed by atoms with Crippen molar-refractivity contribution in [3.63, 3.8) is 0 Å². The van der Waals surface area contributed by atoms with E-state index < -0.39 is 17.7 Å². The highest BCUT2D eigenvalue weighted by Crippen LogP contribution is 1.88. The lowest BCUT2D eigenvalue weighted by molar-refractivity contribution is -0.135. The van der Waals surface area contributed by atoms with Crippen LogP contribution in [0, 0.1) is 0 Å². The summed E-state index contributed by atoms with van der Waals surface area (Å²) in [5, 5.41) is 24.5. The number of aliphatic carboxylic acids is 2. The van der Waals surface area contributed by atoms with Crippen LogP contribution in [0.1, 0.15) is 0 Å². The van der Waals surface area contributed by atoms with Crippen LogP contribution in [0.15, 0.2) is 24.0 Å². The highest BCUT2D eigenvalue weighted by atomic mass is 16.4. The normalized spacial score (nSPS) is 11.8. The Bertz CT molecular complexity index is 225. The molecule has 5 heteroatoms. The molecule has 0 saturated heterocycles. The largest absolute Gasteiger partial charge is 0.502 e. The number of hydrogen-bond donors (Lipinski definition) is 3. The second-order valence-corrected chi connectivity index (χ2v) is 1.55. The maximum Gasteiger partial charge on any atom is 0.370 e. The topological polar surface area (TPSA) is 94.8 Å². The smallest absolute Gasteiger partial charge is 0.370 e. The lowest BCUT2D eigenvalue weighted by Crippen LogP contribution is -1.97. The second-order valence-electron chi connectivity index (χ2n) is 1.55. The van der Waals surface area contributed by atoms with Gasteiger partial charge < -0.3 is 15.3 Å². The number of rotatable bonds is 3. The van der Waals surface area contributed by atoms with Gasteiger partial charge in [0.15, 0.2) is 0 Å². The lowest BCUT2D eigenvalue weighted by atomic mass is 10.4. The number of carboxylic acids is 2. The van der Waals surface area contributed by atoms with E-state index in [-0.39, 0.29) is 0 Å². The van der Waals surface area contributed by atoms with Crippen molar-refractivity contribution < 1.29 is 24.9 Å². The van der Waals surface area contributed by atoms with Crippen LogP contribution in [0.5, 0.6) is 0 Å². The highest BCUT2D eigenvalue weighted by Gasteiger charge is 1.99. The minimum atomic E-state index is -1.50. The molecule has 0 unspecified atom stereocenters. The summed E-state index contributed by atoms with van der Waals surface area (Å²) in [6.45, 7) is 0. The molecule has 0 atom stereocenters. The molecule has 0 aliphatic carbocycles. The van der Waals surface area contributed by atoms with Crippen LogP contribution in [0.2, 0.25) is 0 Å². The van der Waals surface area contributed by atoms with Gasteiger partial charge in [-0.15, -0.1) is 0 Å².